The highest BCUT2D eigenvalue weighted by Crippen LogP contribution is 2.29. The molecule has 2 aromatic heterocycles. The average Bonchev–Trinajstić information content (AvgIpc) is 2.98. The fraction of sp³-hybridized carbons (Fsp3) is 0.176. The number of benzene rings is 1. The Kier molecular flexibility index (Phi) is 4.34. The van der Waals surface area contributed by atoms with Gasteiger partial charge in [-0.2, -0.15) is 0 Å². The maximum absolute atomic E-state index is 12.2. The van der Waals surface area contributed by atoms with Crippen LogP contribution in [0.3, 0.4) is 0 Å². The van der Waals surface area contributed by atoms with Gasteiger partial charge >= 0.3 is 5.69 Å². The van der Waals surface area contributed by atoms with Gasteiger partial charge < -0.3 is 14.5 Å². The van der Waals surface area contributed by atoms with Crippen LogP contribution >= 0.6 is 0 Å². The first kappa shape index (κ1) is 16.4. The zero-order chi connectivity index (χ0) is 18.0. The number of fused-ring (bicyclic) bond motifs is 1. The summed E-state index contributed by atoms with van der Waals surface area (Å²) >= 11 is 0. The summed E-state index contributed by atoms with van der Waals surface area (Å²) in [5, 5.41) is 13.7. The van der Waals surface area contributed by atoms with E-state index in [4.69, 9.17) is 4.74 Å². The molecule has 1 amide bonds. The highest BCUT2D eigenvalue weighted by Gasteiger charge is 2.16. The number of aryl methyl sites for hydroxylation is 1. The van der Waals surface area contributed by atoms with Crippen molar-refractivity contribution in [2.75, 3.05) is 12.4 Å². The summed E-state index contributed by atoms with van der Waals surface area (Å²) < 4.78 is 6.80. The van der Waals surface area contributed by atoms with E-state index in [2.05, 4.69) is 10.3 Å². The molecular weight excluding hydrogens is 324 g/mol. The van der Waals surface area contributed by atoms with Crippen molar-refractivity contribution >= 4 is 22.9 Å². The van der Waals surface area contributed by atoms with Crippen molar-refractivity contribution in [1.29, 1.82) is 0 Å². The molecule has 25 heavy (non-hydrogen) atoms. The fourth-order valence-electron chi connectivity index (χ4n) is 2.57. The van der Waals surface area contributed by atoms with E-state index in [-0.39, 0.29) is 23.8 Å². The minimum Gasteiger partial charge on any atom is -0.490 e. The van der Waals surface area contributed by atoms with Crippen LogP contribution in [0.25, 0.3) is 5.65 Å². The number of pyridine rings is 1. The maximum Gasteiger partial charge on any atom is 0.312 e. The van der Waals surface area contributed by atoms with Crippen LogP contribution in [0.15, 0.2) is 42.7 Å². The van der Waals surface area contributed by atoms with Gasteiger partial charge in [0.15, 0.2) is 5.75 Å². The Morgan fingerprint density at radius 1 is 1.40 bits per heavy atom. The normalized spacial score (nSPS) is 10.6. The van der Waals surface area contributed by atoms with Crippen LogP contribution in [-0.2, 0) is 11.2 Å². The van der Waals surface area contributed by atoms with E-state index in [9.17, 15) is 14.9 Å². The van der Waals surface area contributed by atoms with Crippen LogP contribution < -0.4 is 10.1 Å². The van der Waals surface area contributed by atoms with E-state index < -0.39 is 4.92 Å². The SMILES string of the molecule is COc1ccc(NC(=O)Cc2cn3cccc(C)c3n2)cc1[N+](=O)[O-]. The molecule has 3 aromatic rings. The molecule has 0 aliphatic carbocycles. The van der Waals surface area contributed by atoms with Gasteiger partial charge in [-0.1, -0.05) is 6.07 Å². The first-order valence-electron chi connectivity index (χ1n) is 7.53. The highest BCUT2D eigenvalue weighted by atomic mass is 16.6. The van der Waals surface area contributed by atoms with Crippen molar-refractivity contribution in [1.82, 2.24) is 9.38 Å². The number of nitrogens with zero attached hydrogens (tertiary/aromatic N) is 3. The highest BCUT2D eigenvalue weighted by molar-refractivity contribution is 5.92. The number of ether oxygens (including phenoxy) is 1. The largest absolute Gasteiger partial charge is 0.490 e. The van der Waals surface area contributed by atoms with Crippen molar-refractivity contribution in [3.8, 4) is 5.75 Å². The van der Waals surface area contributed by atoms with Crippen LogP contribution in [0.2, 0.25) is 0 Å². The van der Waals surface area contributed by atoms with Crippen molar-refractivity contribution in [3.63, 3.8) is 0 Å². The van der Waals surface area contributed by atoms with Crippen LogP contribution in [0, 0.1) is 17.0 Å². The van der Waals surface area contributed by atoms with Gasteiger partial charge in [0.1, 0.15) is 5.65 Å². The number of carbonyl (C=O) groups excluding carboxylic acids is 1. The molecule has 0 saturated carbocycles. The van der Waals surface area contributed by atoms with Gasteiger partial charge in [0, 0.05) is 24.1 Å². The summed E-state index contributed by atoms with van der Waals surface area (Å²) in [4.78, 5) is 27.1. The molecule has 0 unspecified atom stereocenters. The first-order valence-corrected chi connectivity index (χ1v) is 7.53. The number of nitrogens with one attached hydrogen (secondary N) is 1. The first-order chi connectivity index (χ1) is 12.0. The van der Waals surface area contributed by atoms with Gasteiger partial charge in [0.2, 0.25) is 5.91 Å². The van der Waals surface area contributed by atoms with Gasteiger partial charge in [-0.3, -0.25) is 14.9 Å². The van der Waals surface area contributed by atoms with E-state index >= 15 is 0 Å². The molecule has 0 atom stereocenters. The van der Waals surface area contributed by atoms with Gasteiger partial charge in [-0.25, -0.2) is 4.98 Å². The lowest BCUT2D eigenvalue weighted by molar-refractivity contribution is -0.385. The molecule has 0 spiro atoms. The van der Waals surface area contributed by atoms with E-state index in [1.54, 1.807) is 12.3 Å². The molecule has 128 valence electrons. The van der Waals surface area contributed by atoms with E-state index in [0.29, 0.717) is 11.4 Å². The number of methoxy groups -OCH3 is 1. The lowest BCUT2D eigenvalue weighted by Gasteiger charge is -2.06. The van der Waals surface area contributed by atoms with Gasteiger partial charge in [-0.05, 0) is 30.7 Å². The molecule has 8 nitrogen and oxygen atoms in total. The van der Waals surface area contributed by atoms with E-state index in [1.165, 1.54) is 19.2 Å². The third-order valence-electron chi connectivity index (χ3n) is 3.73. The van der Waals surface area contributed by atoms with Crippen molar-refractivity contribution in [2.45, 2.75) is 13.3 Å². The quantitative estimate of drug-likeness (QED) is 0.569. The predicted octanol–water partition coefficient (Wildman–Crippen LogP) is 2.74. The Morgan fingerprint density at radius 2 is 2.20 bits per heavy atom. The molecule has 1 aromatic carbocycles. The number of nitro groups is 1. The number of hydrogen-bond donors (Lipinski definition) is 1. The van der Waals surface area contributed by atoms with Crippen molar-refractivity contribution in [2.24, 2.45) is 0 Å². The maximum atomic E-state index is 12.2. The number of carbonyl (C=O) groups is 1. The topological polar surface area (TPSA) is 98.8 Å². The smallest absolute Gasteiger partial charge is 0.312 e. The Bertz CT molecular complexity index is 964. The summed E-state index contributed by atoms with van der Waals surface area (Å²) in [6.07, 6.45) is 3.73. The monoisotopic (exact) mass is 340 g/mol. The summed E-state index contributed by atoms with van der Waals surface area (Å²) in [5.41, 5.74) is 2.56. The second kappa shape index (κ2) is 6.60. The molecule has 8 heteroatoms. The fourth-order valence-corrected chi connectivity index (χ4v) is 2.57. The number of hydrogen-bond acceptors (Lipinski definition) is 5. The summed E-state index contributed by atoms with van der Waals surface area (Å²) in [6, 6.07) is 8.12. The Hall–Kier alpha value is -3.42. The van der Waals surface area contributed by atoms with Crippen LogP contribution in [0.5, 0.6) is 5.75 Å². The molecule has 0 aliphatic rings. The molecule has 1 N–H and O–H groups in total. The van der Waals surface area contributed by atoms with Gasteiger partial charge in [0.25, 0.3) is 0 Å². The Morgan fingerprint density at radius 3 is 2.88 bits per heavy atom. The third-order valence-corrected chi connectivity index (χ3v) is 3.73. The molecule has 0 saturated heterocycles. The summed E-state index contributed by atoms with van der Waals surface area (Å²) in [5.74, 6) is -0.167. The number of anilines is 1. The van der Waals surface area contributed by atoms with Gasteiger partial charge in [0.05, 0.1) is 24.1 Å². The van der Waals surface area contributed by atoms with Crippen molar-refractivity contribution < 1.29 is 14.5 Å². The third kappa shape index (κ3) is 3.42. The van der Waals surface area contributed by atoms with Crippen LogP contribution in [0.4, 0.5) is 11.4 Å². The number of amides is 1. The van der Waals surface area contributed by atoms with Gasteiger partial charge in [-0.15, -0.1) is 0 Å². The number of nitro benzene ring substituents is 1. The van der Waals surface area contributed by atoms with Crippen molar-refractivity contribution in [3.05, 3.63) is 64.1 Å². The number of aromatic nitrogens is 2. The molecule has 0 fully saturated rings. The van der Waals surface area contributed by atoms with Crippen LogP contribution in [-0.4, -0.2) is 27.3 Å². The number of rotatable bonds is 5. The van der Waals surface area contributed by atoms with Crippen LogP contribution in [0.1, 0.15) is 11.3 Å². The molecular formula is C17H16N4O4. The summed E-state index contributed by atoms with van der Waals surface area (Å²) in [6.45, 7) is 1.95. The standard InChI is InChI=1S/C17H16N4O4/c1-11-4-3-7-20-10-13(19-17(11)20)9-16(22)18-12-5-6-15(25-2)14(8-12)21(23)24/h3-8,10H,9H2,1-2H3,(H,18,22). The lowest BCUT2D eigenvalue weighted by atomic mass is 10.2. The lowest BCUT2D eigenvalue weighted by Crippen LogP contribution is -2.14. The molecule has 3 rings (SSSR count). The molecule has 0 bridgehead atoms. The second-order valence-electron chi connectivity index (χ2n) is 5.52. The zero-order valence-corrected chi connectivity index (χ0v) is 13.7. The summed E-state index contributed by atoms with van der Waals surface area (Å²) in [7, 11) is 1.35. The molecule has 0 radical (unpaired) electrons. The predicted molar refractivity (Wildman–Crippen MR) is 91.9 cm³/mol. The molecule has 0 aliphatic heterocycles. The minimum atomic E-state index is -0.556. The second-order valence-corrected chi connectivity index (χ2v) is 5.52. The molecule has 2 heterocycles. The zero-order valence-electron chi connectivity index (χ0n) is 13.7. The Labute approximate surface area is 143 Å². The van der Waals surface area contributed by atoms with E-state index in [0.717, 1.165) is 11.2 Å². The average molecular weight is 340 g/mol. The number of imidazole rings is 1. The van der Waals surface area contributed by atoms with E-state index in [1.807, 2.05) is 29.7 Å². The Balaban J connectivity index is 1.76. The minimum absolute atomic E-state index is 0.0704.